The number of rotatable bonds is 9. The molecule has 1 aliphatic heterocycles. The van der Waals surface area contributed by atoms with Crippen LogP contribution in [0, 0.1) is 0 Å². The maximum atomic E-state index is 5.94. The van der Waals surface area contributed by atoms with Crippen molar-refractivity contribution in [1.82, 2.24) is 0 Å². The molecule has 2 heteroatoms. The lowest BCUT2D eigenvalue weighted by Crippen LogP contribution is -2.26. The minimum atomic E-state index is -0.406. The molecule has 2 nitrogen and oxygen atoms in total. The van der Waals surface area contributed by atoms with E-state index in [1.807, 2.05) is 0 Å². The second-order valence-electron chi connectivity index (χ2n) is 7.78. The zero-order valence-corrected chi connectivity index (χ0v) is 16.9. The van der Waals surface area contributed by atoms with E-state index in [0.29, 0.717) is 0 Å². The Hall–Kier alpha value is -0.860. The van der Waals surface area contributed by atoms with Crippen LogP contribution < -0.4 is 0 Å². The minimum absolute atomic E-state index is 0.194. The first-order valence-electron chi connectivity index (χ1n) is 9.52. The Balaban J connectivity index is 2.26. The summed E-state index contributed by atoms with van der Waals surface area (Å²) in [5, 5.41) is 0. The second-order valence-corrected chi connectivity index (χ2v) is 7.78. The third-order valence-corrected chi connectivity index (χ3v) is 4.75. The molecule has 2 unspecified atom stereocenters. The molecule has 0 aromatic carbocycles. The first kappa shape index (κ1) is 21.2. The van der Waals surface area contributed by atoms with E-state index >= 15 is 0 Å². The fraction of sp³-hybridized carbons (Fsp3) is 0.727. The number of allylic oxidation sites excluding steroid dienone is 6. The van der Waals surface area contributed by atoms with Crippen LogP contribution in [-0.2, 0) is 9.47 Å². The molecule has 1 rings (SSSR count). The minimum Gasteiger partial charge on any atom is -0.345 e. The Morgan fingerprint density at radius 1 is 0.792 bits per heavy atom. The van der Waals surface area contributed by atoms with Crippen molar-refractivity contribution in [2.75, 3.05) is 0 Å². The Morgan fingerprint density at radius 3 is 1.75 bits per heavy atom. The van der Waals surface area contributed by atoms with Crippen LogP contribution in [0.3, 0.4) is 0 Å². The molecular weight excluding hydrogens is 296 g/mol. The molecule has 0 aliphatic carbocycles. The van der Waals surface area contributed by atoms with Gasteiger partial charge in [-0.05, 0) is 80.6 Å². The summed E-state index contributed by atoms with van der Waals surface area (Å²) < 4.78 is 11.9. The number of hydrogen-bond acceptors (Lipinski definition) is 2. The standard InChI is InChI=1S/C22H38O2/c1-17(2)11-8-12-18(3)13-9-14-19(4)15-10-16-22(7)23-20(5)21(6)24-22/h11,13,15,20-21H,8-10,12,14,16H2,1-7H3/b18-13+,19-15+. The molecule has 1 heterocycles. The first-order valence-corrected chi connectivity index (χ1v) is 9.52. The van der Waals surface area contributed by atoms with Crippen LogP contribution in [0.2, 0.25) is 0 Å². The lowest BCUT2D eigenvalue weighted by Gasteiger charge is -2.22. The van der Waals surface area contributed by atoms with Gasteiger partial charge in [-0.3, -0.25) is 0 Å². The highest BCUT2D eigenvalue weighted by atomic mass is 16.7. The van der Waals surface area contributed by atoms with Crippen molar-refractivity contribution in [3.8, 4) is 0 Å². The zero-order chi connectivity index (χ0) is 18.2. The molecule has 0 radical (unpaired) electrons. The zero-order valence-electron chi connectivity index (χ0n) is 16.9. The third kappa shape index (κ3) is 8.30. The van der Waals surface area contributed by atoms with Crippen molar-refractivity contribution in [3.05, 3.63) is 34.9 Å². The molecule has 2 atom stereocenters. The number of hydrogen-bond donors (Lipinski definition) is 0. The maximum Gasteiger partial charge on any atom is 0.166 e. The van der Waals surface area contributed by atoms with E-state index in [4.69, 9.17) is 9.47 Å². The molecule has 1 fully saturated rings. The van der Waals surface area contributed by atoms with E-state index < -0.39 is 5.79 Å². The van der Waals surface area contributed by atoms with E-state index in [9.17, 15) is 0 Å². The second kappa shape index (κ2) is 10.2. The van der Waals surface area contributed by atoms with Crippen LogP contribution in [0.15, 0.2) is 34.9 Å². The normalized spacial score (nSPS) is 28.3. The van der Waals surface area contributed by atoms with E-state index in [0.717, 1.165) is 32.1 Å². The molecule has 0 saturated carbocycles. The van der Waals surface area contributed by atoms with Crippen molar-refractivity contribution < 1.29 is 9.47 Å². The summed E-state index contributed by atoms with van der Waals surface area (Å²) in [5.41, 5.74) is 4.38. The summed E-state index contributed by atoms with van der Waals surface area (Å²) in [6, 6.07) is 0. The van der Waals surface area contributed by atoms with E-state index in [1.54, 1.807) is 0 Å². The molecule has 0 bridgehead atoms. The van der Waals surface area contributed by atoms with Crippen molar-refractivity contribution in [1.29, 1.82) is 0 Å². The smallest absolute Gasteiger partial charge is 0.166 e. The fourth-order valence-corrected chi connectivity index (χ4v) is 3.04. The molecule has 1 saturated heterocycles. The van der Waals surface area contributed by atoms with Crippen LogP contribution >= 0.6 is 0 Å². The summed E-state index contributed by atoms with van der Waals surface area (Å²) in [7, 11) is 0. The van der Waals surface area contributed by atoms with Crippen molar-refractivity contribution in [2.45, 2.75) is 105 Å². The Morgan fingerprint density at radius 2 is 1.25 bits per heavy atom. The highest BCUT2D eigenvalue weighted by Gasteiger charge is 2.39. The summed E-state index contributed by atoms with van der Waals surface area (Å²) in [6.45, 7) is 15.0. The fourth-order valence-electron chi connectivity index (χ4n) is 3.04. The predicted molar refractivity (Wildman–Crippen MR) is 104 cm³/mol. The maximum absolute atomic E-state index is 5.94. The molecule has 24 heavy (non-hydrogen) atoms. The third-order valence-electron chi connectivity index (χ3n) is 4.75. The van der Waals surface area contributed by atoms with Gasteiger partial charge in [0.15, 0.2) is 5.79 Å². The molecule has 0 aromatic heterocycles. The molecule has 0 N–H and O–H groups in total. The highest BCUT2D eigenvalue weighted by Crippen LogP contribution is 2.32. The van der Waals surface area contributed by atoms with E-state index in [1.165, 1.54) is 23.1 Å². The summed E-state index contributed by atoms with van der Waals surface area (Å²) in [5.74, 6) is -0.406. The summed E-state index contributed by atoms with van der Waals surface area (Å²) in [4.78, 5) is 0. The van der Waals surface area contributed by atoms with E-state index in [-0.39, 0.29) is 12.2 Å². The average molecular weight is 335 g/mol. The lowest BCUT2D eigenvalue weighted by molar-refractivity contribution is -0.162. The van der Waals surface area contributed by atoms with Gasteiger partial charge in [-0.1, -0.05) is 34.9 Å². The number of ether oxygens (including phenoxy) is 2. The van der Waals surface area contributed by atoms with Crippen molar-refractivity contribution >= 4 is 0 Å². The topological polar surface area (TPSA) is 18.5 Å². The average Bonchev–Trinajstić information content (AvgIpc) is 2.71. The van der Waals surface area contributed by atoms with Crippen molar-refractivity contribution in [3.63, 3.8) is 0 Å². The molecular formula is C22H38O2. The van der Waals surface area contributed by atoms with Gasteiger partial charge >= 0.3 is 0 Å². The van der Waals surface area contributed by atoms with Gasteiger partial charge in [0.05, 0.1) is 12.2 Å². The van der Waals surface area contributed by atoms with Gasteiger partial charge in [-0.2, -0.15) is 0 Å². The largest absolute Gasteiger partial charge is 0.345 e. The predicted octanol–water partition coefficient (Wildman–Crippen LogP) is 6.73. The molecule has 138 valence electrons. The first-order chi connectivity index (χ1) is 11.2. The van der Waals surface area contributed by atoms with Crippen LogP contribution in [0.4, 0.5) is 0 Å². The lowest BCUT2D eigenvalue weighted by atomic mass is 10.0. The Kier molecular flexibility index (Phi) is 9.01. The highest BCUT2D eigenvalue weighted by molar-refractivity contribution is 5.05. The molecule has 0 aromatic rings. The van der Waals surface area contributed by atoms with Gasteiger partial charge in [0, 0.05) is 6.42 Å². The summed E-state index contributed by atoms with van der Waals surface area (Å²) in [6.07, 6.45) is 14.0. The van der Waals surface area contributed by atoms with E-state index in [2.05, 4.69) is 66.7 Å². The SMILES string of the molecule is CC(C)=CCC/C(C)=C/CC/C(C)=C/CCC1(C)OC(C)C(C)O1. The van der Waals surface area contributed by atoms with Crippen LogP contribution in [0.5, 0.6) is 0 Å². The van der Waals surface area contributed by atoms with Crippen LogP contribution in [0.25, 0.3) is 0 Å². The molecule has 1 aliphatic rings. The molecule has 0 amide bonds. The van der Waals surface area contributed by atoms with Gasteiger partial charge in [-0.25, -0.2) is 0 Å². The Labute approximate surface area is 150 Å². The monoisotopic (exact) mass is 334 g/mol. The van der Waals surface area contributed by atoms with Crippen LogP contribution in [0.1, 0.15) is 87.0 Å². The summed E-state index contributed by atoms with van der Waals surface area (Å²) >= 11 is 0. The van der Waals surface area contributed by atoms with Gasteiger partial charge in [0.1, 0.15) is 0 Å². The van der Waals surface area contributed by atoms with Gasteiger partial charge < -0.3 is 9.47 Å². The van der Waals surface area contributed by atoms with Crippen molar-refractivity contribution in [2.24, 2.45) is 0 Å². The Bertz CT molecular complexity index is 456. The van der Waals surface area contributed by atoms with Gasteiger partial charge in [0.25, 0.3) is 0 Å². The van der Waals surface area contributed by atoms with Crippen LogP contribution in [-0.4, -0.2) is 18.0 Å². The van der Waals surface area contributed by atoms with Gasteiger partial charge in [0.2, 0.25) is 0 Å². The molecule has 0 spiro atoms. The quantitative estimate of drug-likeness (QED) is 0.435. The van der Waals surface area contributed by atoms with Gasteiger partial charge in [-0.15, -0.1) is 0 Å².